The van der Waals surface area contributed by atoms with Crippen LogP contribution in [0.15, 0.2) is 0 Å². The van der Waals surface area contributed by atoms with Crippen molar-refractivity contribution in [1.29, 1.82) is 0 Å². The van der Waals surface area contributed by atoms with Gasteiger partial charge in [-0.15, -0.1) is 5.10 Å². The van der Waals surface area contributed by atoms with Crippen LogP contribution in [-0.4, -0.2) is 38.4 Å². The second-order valence-electron chi connectivity index (χ2n) is 2.75. The number of methoxy groups -OCH3 is 1. The van der Waals surface area contributed by atoms with Crippen molar-refractivity contribution in [1.82, 2.24) is 20.2 Å². The van der Waals surface area contributed by atoms with Gasteiger partial charge in [0.05, 0.1) is 0 Å². The van der Waals surface area contributed by atoms with E-state index in [1.807, 2.05) is 0 Å². The van der Waals surface area contributed by atoms with Crippen LogP contribution in [-0.2, 0) is 22.7 Å². The van der Waals surface area contributed by atoms with Crippen LogP contribution in [0.3, 0.4) is 0 Å². The molecule has 0 saturated carbocycles. The number of aryl methyl sites for hydroxylation is 1. The number of hydrogen-bond acceptors (Lipinski definition) is 5. The van der Waals surface area contributed by atoms with Gasteiger partial charge in [0.1, 0.15) is 6.61 Å². The Morgan fingerprint density at radius 2 is 2.43 bits per heavy atom. The van der Waals surface area contributed by atoms with E-state index in [1.165, 1.54) is 0 Å². The van der Waals surface area contributed by atoms with Gasteiger partial charge in [0.25, 0.3) is 0 Å². The number of ether oxygens (including phenoxy) is 1. The molecule has 1 heterocycles. The maximum atomic E-state index is 10.3. The normalized spacial score (nSPS) is 10.4. The van der Waals surface area contributed by atoms with Crippen LogP contribution in [0, 0.1) is 0 Å². The van der Waals surface area contributed by atoms with E-state index in [0.717, 1.165) is 0 Å². The Balaban J connectivity index is 2.41. The molecule has 14 heavy (non-hydrogen) atoms. The lowest BCUT2D eigenvalue weighted by Crippen LogP contribution is -2.08. The second-order valence-corrected chi connectivity index (χ2v) is 2.75. The molecule has 0 aliphatic heterocycles. The minimum absolute atomic E-state index is 0.117. The van der Waals surface area contributed by atoms with Gasteiger partial charge >= 0.3 is 5.97 Å². The first-order valence-corrected chi connectivity index (χ1v) is 4.20. The number of carboxylic acid groups (broad SMARTS) is 1. The van der Waals surface area contributed by atoms with Gasteiger partial charge < -0.3 is 9.84 Å². The molecule has 0 atom stereocenters. The highest BCUT2D eigenvalue weighted by Crippen LogP contribution is 1.98. The third kappa shape index (κ3) is 3.09. The minimum atomic E-state index is -0.814. The topological polar surface area (TPSA) is 90.1 Å². The van der Waals surface area contributed by atoms with Crippen molar-refractivity contribution in [2.75, 3.05) is 7.11 Å². The molecule has 1 aromatic rings. The van der Waals surface area contributed by atoms with Crippen molar-refractivity contribution in [3.05, 3.63) is 5.82 Å². The Kier molecular flexibility index (Phi) is 3.99. The molecule has 0 spiro atoms. The molecule has 0 aliphatic carbocycles. The van der Waals surface area contributed by atoms with Crippen molar-refractivity contribution >= 4 is 5.97 Å². The van der Waals surface area contributed by atoms with Crippen LogP contribution < -0.4 is 0 Å². The Bertz CT molecular complexity index is 299. The first-order valence-electron chi connectivity index (χ1n) is 4.20. The van der Waals surface area contributed by atoms with Gasteiger partial charge in [-0.3, -0.25) is 4.79 Å². The Labute approximate surface area is 80.7 Å². The Morgan fingerprint density at radius 3 is 3.07 bits per heavy atom. The summed E-state index contributed by atoms with van der Waals surface area (Å²) >= 11 is 0. The molecule has 7 nitrogen and oxygen atoms in total. The first-order chi connectivity index (χ1) is 6.74. The van der Waals surface area contributed by atoms with Gasteiger partial charge in [0.2, 0.25) is 0 Å². The zero-order valence-corrected chi connectivity index (χ0v) is 7.88. The molecule has 0 radical (unpaired) electrons. The quantitative estimate of drug-likeness (QED) is 0.677. The zero-order chi connectivity index (χ0) is 10.4. The number of nitrogens with zero attached hydrogens (tertiary/aromatic N) is 4. The lowest BCUT2D eigenvalue weighted by Gasteiger charge is -2.01. The molecule has 0 amide bonds. The molecule has 78 valence electrons. The van der Waals surface area contributed by atoms with E-state index < -0.39 is 5.97 Å². The highest BCUT2D eigenvalue weighted by atomic mass is 16.5. The number of hydrogen-bond donors (Lipinski definition) is 1. The fourth-order valence-electron chi connectivity index (χ4n) is 1.01. The van der Waals surface area contributed by atoms with Gasteiger partial charge in [0.15, 0.2) is 5.82 Å². The van der Waals surface area contributed by atoms with Crippen LogP contribution in [0.25, 0.3) is 0 Å². The summed E-state index contributed by atoms with van der Waals surface area (Å²) in [6, 6.07) is 0. The number of rotatable bonds is 6. The van der Waals surface area contributed by atoms with Crippen molar-refractivity contribution < 1.29 is 14.6 Å². The van der Waals surface area contributed by atoms with E-state index in [-0.39, 0.29) is 6.42 Å². The SMILES string of the molecule is COCc1nnnn1CCCC(=O)O. The van der Waals surface area contributed by atoms with Crippen molar-refractivity contribution in [2.24, 2.45) is 0 Å². The largest absolute Gasteiger partial charge is 0.481 e. The molecule has 1 N–H and O–H groups in total. The van der Waals surface area contributed by atoms with Crippen LogP contribution in [0.4, 0.5) is 0 Å². The summed E-state index contributed by atoms with van der Waals surface area (Å²) in [5.74, 6) is -0.204. The summed E-state index contributed by atoms with van der Waals surface area (Å²) in [5, 5.41) is 19.4. The Morgan fingerprint density at radius 1 is 1.64 bits per heavy atom. The number of carboxylic acids is 1. The smallest absolute Gasteiger partial charge is 0.303 e. The highest BCUT2D eigenvalue weighted by Gasteiger charge is 2.05. The van der Waals surface area contributed by atoms with Crippen molar-refractivity contribution in [3.8, 4) is 0 Å². The lowest BCUT2D eigenvalue weighted by atomic mass is 10.3. The second kappa shape index (κ2) is 5.28. The van der Waals surface area contributed by atoms with E-state index in [1.54, 1.807) is 11.8 Å². The van der Waals surface area contributed by atoms with E-state index >= 15 is 0 Å². The summed E-state index contributed by atoms with van der Waals surface area (Å²) in [4.78, 5) is 10.3. The van der Waals surface area contributed by atoms with Gasteiger partial charge in [0, 0.05) is 20.1 Å². The number of tetrazole rings is 1. The molecule has 0 unspecified atom stereocenters. The van der Waals surface area contributed by atoms with Crippen molar-refractivity contribution in [2.45, 2.75) is 26.0 Å². The predicted molar refractivity (Wildman–Crippen MR) is 45.4 cm³/mol. The van der Waals surface area contributed by atoms with Crippen molar-refractivity contribution in [3.63, 3.8) is 0 Å². The fourth-order valence-corrected chi connectivity index (χ4v) is 1.01. The Hall–Kier alpha value is -1.50. The number of carbonyl (C=O) groups is 1. The molecule has 0 fully saturated rings. The predicted octanol–water partition coefficient (Wildman–Crippen LogP) is -0.316. The molecule has 0 saturated heterocycles. The standard InChI is InChI=1S/C7H12N4O3/c1-14-5-6-8-9-10-11(6)4-2-3-7(12)13/h2-5H2,1H3,(H,12,13). The molecule has 1 rings (SSSR count). The van der Waals surface area contributed by atoms with Gasteiger partial charge in [-0.05, 0) is 16.8 Å². The first kappa shape index (κ1) is 10.6. The maximum absolute atomic E-state index is 10.3. The molecule has 1 aromatic heterocycles. The minimum Gasteiger partial charge on any atom is -0.481 e. The fraction of sp³-hybridized carbons (Fsp3) is 0.714. The highest BCUT2D eigenvalue weighted by molar-refractivity contribution is 5.66. The van der Waals surface area contributed by atoms with E-state index in [9.17, 15) is 4.79 Å². The molecule has 0 bridgehead atoms. The van der Waals surface area contributed by atoms with Crippen LogP contribution in [0.1, 0.15) is 18.7 Å². The molecule has 0 aliphatic rings. The maximum Gasteiger partial charge on any atom is 0.303 e. The van der Waals surface area contributed by atoms with Crippen LogP contribution in [0.2, 0.25) is 0 Å². The van der Waals surface area contributed by atoms with E-state index in [4.69, 9.17) is 9.84 Å². The molecular formula is C7H12N4O3. The zero-order valence-electron chi connectivity index (χ0n) is 7.88. The molecule has 0 aromatic carbocycles. The third-order valence-electron chi connectivity index (χ3n) is 1.64. The average Bonchev–Trinajstić information content (AvgIpc) is 2.53. The molecular weight excluding hydrogens is 188 g/mol. The lowest BCUT2D eigenvalue weighted by molar-refractivity contribution is -0.137. The number of aromatic nitrogens is 4. The summed E-state index contributed by atoms with van der Waals surface area (Å²) in [6.07, 6.45) is 0.628. The van der Waals surface area contributed by atoms with Gasteiger partial charge in [-0.25, -0.2) is 4.68 Å². The summed E-state index contributed by atoms with van der Waals surface area (Å²) < 4.78 is 6.42. The summed E-state index contributed by atoms with van der Waals surface area (Å²) in [7, 11) is 1.55. The van der Waals surface area contributed by atoms with Gasteiger partial charge in [-0.2, -0.15) is 0 Å². The van der Waals surface area contributed by atoms with Crippen LogP contribution in [0.5, 0.6) is 0 Å². The van der Waals surface area contributed by atoms with E-state index in [0.29, 0.717) is 25.4 Å². The van der Waals surface area contributed by atoms with Gasteiger partial charge in [-0.1, -0.05) is 0 Å². The van der Waals surface area contributed by atoms with Crippen LogP contribution >= 0.6 is 0 Å². The average molecular weight is 200 g/mol. The third-order valence-corrected chi connectivity index (χ3v) is 1.64. The van der Waals surface area contributed by atoms with E-state index in [2.05, 4.69) is 15.5 Å². The number of aliphatic carboxylic acids is 1. The molecule has 7 heteroatoms. The summed E-state index contributed by atoms with van der Waals surface area (Å²) in [5.41, 5.74) is 0. The monoisotopic (exact) mass is 200 g/mol. The summed E-state index contributed by atoms with van der Waals surface area (Å²) in [6.45, 7) is 0.831.